The molecule has 0 saturated heterocycles. The molecule has 2 nitrogen and oxygen atoms in total. The summed E-state index contributed by atoms with van der Waals surface area (Å²) in [6.07, 6.45) is 9.37. The molecule has 18 heavy (non-hydrogen) atoms. The molecule has 0 atom stereocenters. The molecule has 4 fully saturated rings. The molecule has 4 aliphatic carbocycles. The number of carbonyl (C=O) groups excluding carboxylic acids is 1. The molecule has 98 valence electrons. The van der Waals surface area contributed by atoms with Crippen LogP contribution in [0.2, 0.25) is 0 Å². The first-order valence-electron chi connectivity index (χ1n) is 7.35. The van der Waals surface area contributed by atoms with Crippen LogP contribution in [-0.2, 0) is 9.53 Å². The quantitative estimate of drug-likeness (QED) is 0.425. The lowest BCUT2D eigenvalue weighted by atomic mass is 9.49. The maximum Gasteiger partial charge on any atom is 0.384 e. The predicted molar refractivity (Wildman–Crippen MR) is 69.6 cm³/mol. The van der Waals surface area contributed by atoms with E-state index >= 15 is 0 Å². The van der Waals surface area contributed by atoms with Gasteiger partial charge in [0, 0.05) is 12.3 Å². The van der Waals surface area contributed by atoms with E-state index in [0.717, 1.165) is 24.2 Å². The number of esters is 1. The van der Waals surface area contributed by atoms with E-state index in [-0.39, 0.29) is 5.97 Å². The molecule has 0 unspecified atom stereocenters. The van der Waals surface area contributed by atoms with Crippen molar-refractivity contribution in [1.82, 2.24) is 0 Å². The van der Waals surface area contributed by atoms with Gasteiger partial charge < -0.3 is 4.74 Å². The highest BCUT2D eigenvalue weighted by Crippen LogP contribution is 2.61. The maximum atomic E-state index is 11.2. The van der Waals surface area contributed by atoms with Gasteiger partial charge in [-0.25, -0.2) is 4.79 Å². The summed E-state index contributed by atoms with van der Waals surface area (Å²) in [6.45, 7) is 2.24. The number of ether oxygens (including phenoxy) is 1. The normalized spacial score (nSPS) is 40.2. The van der Waals surface area contributed by atoms with Crippen LogP contribution in [0.3, 0.4) is 0 Å². The molecule has 0 heterocycles. The molecule has 2 heteroatoms. The van der Waals surface area contributed by atoms with Crippen LogP contribution < -0.4 is 0 Å². The van der Waals surface area contributed by atoms with Gasteiger partial charge in [-0.15, -0.1) is 0 Å². The third kappa shape index (κ3) is 2.28. The van der Waals surface area contributed by atoms with Crippen molar-refractivity contribution in [3.8, 4) is 11.8 Å². The average molecular weight is 246 g/mol. The maximum absolute atomic E-state index is 11.2. The van der Waals surface area contributed by atoms with Gasteiger partial charge in [-0.3, -0.25) is 0 Å². The Kier molecular flexibility index (Phi) is 3.09. The lowest BCUT2D eigenvalue weighted by Crippen LogP contribution is -2.45. The van der Waals surface area contributed by atoms with Crippen LogP contribution in [0.5, 0.6) is 0 Å². The minimum absolute atomic E-state index is 0.359. The van der Waals surface area contributed by atoms with E-state index in [2.05, 4.69) is 11.8 Å². The minimum atomic E-state index is -0.359. The second kappa shape index (κ2) is 4.61. The first-order chi connectivity index (χ1) is 8.69. The lowest BCUT2D eigenvalue weighted by molar-refractivity contribution is -0.136. The number of rotatable bonds is 2. The molecule has 0 aromatic rings. The zero-order valence-corrected chi connectivity index (χ0v) is 11.2. The van der Waals surface area contributed by atoms with E-state index in [1.807, 2.05) is 6.92 Å². The van der Waals surface area contributed by atoms with Crippen molar-refractivity contribution in [3.05, 3.63) is 0 Å². The Morgan fingerprint density at radius 3 is 2.22 bits per heavy atom. The zero-order valence-electron chi connectivity index (χ0n) is 11.2. The Morgan fingerprint density at radius 2 is 1.72 bits per heavy atom. The molecule has 4 rings (SSSR count). The predicted octanol–water partition coefficient (Wildman–Crippen LogP) is 3.16. The second-order valence-corrected chi connectivity index (χ2v) is 6.62. The second-order valence-electron chi connectivity index (χ2n) is 6.62. The van der Waals surface area contributed by atoms with E-state index in [1.165, 1.54) is 38.5 Å². The highest BCUT2D eigenvalue weighted by molar-refractivity contribution is 5.88. The van der Waals surface area contributed by atoms with Gasteiger partial charge in [0.2, 0.25) is 0 Å². The fourth-order valence-electron chi connectivity index (χ4n) is 4.98. The van der Waals surface area contributed by atoms with Gasteiger partial charge in [0.25, 0.3) is 0 Å². The Bertz CT molecular complexity index is 364. The molecule has 0 aromatic heterocycles. The molecular formula is C16H22O2. The van der Waals surface area contributed by atoms with Crippen LogP contribution in [-0.4, -0.2) is 12.6 Å². The van der Waals surface area contributed by atoms with Gasteiger partial charge in [-0.05, 0) is 68.6 Å². The Balaban J connectivity index is 1.64. The van der Waals surface area contributed by atoms with E-state index in [4.69, 9.17) is 4.74 Å². The molecule has 0 aromatic carbocycles. The Labute approximate surface area is 109 Å². The molecular weight excluding hydrogens is 224 g/mol. The van der Waals surface area contributed by atoms with Crippen LogP contribution in [0.25, 0.3) is 0 Å². The molecule has 4 aliphatic rings. The van der Waals surface area contributed by atoms with Crippen molar-refractivity contribution in [2.75, 3.05) is 6.61 Å². The standard InChI is InChI=1S/C16H22O2/c1-2-18-15(17)4-3-5-16-9-12-6-13(10-16)8-14(7-12)11-16/h12-14H,2,5-11H2,1H3. The lowest BCUT2D eigenvalue weighted by Gasteiger charge is -2.56. The van der Waals surface area contributed by atoms with Crippen molar-refractivity contribution in [1.29, 1.82) is 0 Å². The van der Waals surface area contributed by atoms with E-state index in [1.54, 1.807) is 0 Å². The van der Waals surface area contributed by atoms with Crippen molar-refractivity contribution in [3.63, 3.8) is 0 Å². The van der Waals surface area contributed by atoms with Crippen LogP contribution in [0.15, 0.2) is 0 Å². The molecule has 0 spiro atoms. The van der Waals surface area contributed by atoms with E-state index in [9.17, 15) is 4.79 Å². The van der Waals surface area contributed by atoms with Gasteiger partial charge in [-0.2, -0.15) is 0 Å². The first kappa shape index (κ1) is 12.1. The van der Waals surface area contributed by atoms with Gasteiger partial charge in [0.1, 0.15) is 0 Å². The van der Waals surface area contributed by atoms with Crippen LogP contribution in [0.1, 0.15) is 51.9 Å². The van der Waals surface area contributed by atoms with Crippen molar-refractivity contribution >= 4 is 5.97 Å². The average Bonchev–Trinajstić information content (AvgIpc) is 2.26. The van der Waals surface area contributed by atoms with Crippen molar-refractivity contribution in [2.45, 2.75) is 51.9 Å². The van der Waals surface area contributed by atoms with Crippen molar-refractivity contribution < 1.29 is 9.53 Å². The van der Waals surface area contributed by atoms with Crippen LogP contribution in [0.4, 0.5) is 0 Å². The Morgan fingerprint density at radius 1 is 1.17 bits per heavy atom. The summed E-state index contributed by atoms with van der Waals surface area (Å²) in [5, 5.41) is 0. The van der Waals surface area contributed by atoms with Gasteiger partial charge in [0.15, 0.2) is 0 Å². The highest BCUT2D eigenvalue weighted by atomic mass is 16.5. The summed E-state index contributed by atoms with van der Waals surface area (Å²) in [5.41, 5.74) is 0.453. The van der Waals surface area contributed by atoms with Crippen molar-refractivity contribution in [2.24, 2.45) is 23.2 Å². The summed E-state index contributed by atoms with van der Waals surface area (Å²) in [6, 6.07) is 0. The highest BCUT2D eigenvalue weighted by Gasteiger charge is 2.50. The smallest absolute Gasteiger partial charge is 0.384 e. The van der Waals surface area contributed by atoms with Gasteiger partial charge in [0.05, 0.1) is 6.61 Å². The topological polar surface area (TPSA) is 26.3 Å². The third-order valence-electron chi connectivity index (χ3n) is 5.09. The molecule has 0 aliphatic heterocycles. The van der Waals surface area contributed by atoms with Crippen LogP contribution in [0, 0.1) is 35.0 Å². The molecule has 4 bridgehead atoms. The number of hydrogen-bond donors (Lipinski definition) is 0. The van der Waals surface area contributed by atoms with E-state index < -0.39 is 0 Å². The number of carbonyl (C=O) groups is 1. The summed E-state index contributed by atoms with van der Waals surface area (Å²) in [5.74, 6) is 8.27. The summed E-state index contributed by atoms with van der Waals surface area (Å²) < 4.78 is 4.85. The summed E-state index contributed by atoms with van der Waals surface area (Å²) in [4.78, 5) is 11.2. The minimum Gasteiger partial charge on any atom is -0.456 e. The third-order valence-corrected chi connectivity index (χ3v) is 5.09. The molecule has 0 amide bonds. The summed E-state index contributed by atoms with van der Waals surface area (Å²) in [7, 11) is 0. The first-order valence-corrected chi connectivity index (χ1v) is 7.35. The van der Waals surface area contributed by atoms with Gasteiger partial charge in [-0.1, -0.05) is 5.92 Å². The monoisotopic (exact) mass is 246 g/mol. The summed E-state index contributed by atoms with van der Waals surface area (Å²) >= 11 is 0. The molecule has 4 saturated carbocycles. The SMILES string of the molecule is CCOC(=O)C#CCC12CC3CC(CC(C3)C1)C2. The van der Waals surface area contributed by atoms with Gasteiger partial charge >= 0.3 is 5.97 Å². The van der Waals surface area contributed by atoms with Crippen LogP contribution >= 0.6 is 0 Å². The fourth-order valence-corrected chi connectivity index (χ4v) is 4.98. The van der Waals surface area contributed by atoms with E-state index in [0.29, 0.717) is 12.0 Å². The number of hydrogen-bond acceptors (Lipinski definition) is 2. The Hall–Kier alpha value is -0.970. The zero-order chi connectivity index (χ0) is 12.6. The molecule has 0 radical (unpaired) electrons. The largest absolute Gasteiger partial charge is 0.456 e. The molecule has 0 N–H and O–H groups in total. The fraction of sp³-hybridized carbons (Fsp3) is 0.812.